The van der Waals surface area contributed by atoms with Gasteiger partial charge in [0.15, 0.2) is 11.5 Å². The molecule has 1 atom stereocenters. The van der Waals surface area contributed by atoms with Crippen molar-refractivity contribution in [1.82, 2.24) is 9.88 Å². The lowest BCUT2D eigenvalue weighted by molar-refractivity contribution is 0.0732. The summed E-state index contributed by atoms with van der Waals surface area (Å²) < 4.78 is 10.7. The van der Waals surface area contributed by atoms with Gasteiger partial charge in [0.25, 0.3) is 5.91 Å². The quantitative estimate of drug-likeness (QED) is 0.862. The van der Waals surface area contributed by atoms with Crippen molar-refractivity contribution in [2.75, 3.05) is 13.8 Å². The lowest BCUT2D eigenvalue weighted by Crippen LogP contribution is -2.35. The van der Waals surface area contributed by atoms with Crippen LogP contribution in [0.1, 0.15) is 29.4 Å². The third-order valence-corrected chi connectivity index (χ3v) is 5.61. The molecule has 1 amide bonds. The molecule has 4 rings (SSSR count). The van der Waals surface area contributed by atoms with E-state index in [-0.39, 0.29) is 12.7 Å². The van der Waals surface area contributed by atoms with Crippen LogP contribution < -0.4 is 9.47 Å². The molecule has 1 aromatic carbocycles. The van der Waals surface area contributed by atoms with Gasteiger partial charge in [0.1, 0.15) is 9.88 Å². The molecule has 2 heterocycles. The van der Waals surface area contributed by atoms with Crippen molar-refractivity contribution in [3.8, 4) is 22.1 Å². The number of hydrogen-bond donors (Lipinski definition) is 0. The molecule has 1 aromatic heterocycles. The van der Waals surface area contributed by atoms with E-state index in [1.165, 1.54) is 24.2 Å². The number of aromatic nitrogens is 1. The summed E-state index contributed by atoms with van der Waals surface area (Å²) >= 11 is 1.42. The van der Waals surface area contributed by atoms with E-state index in [1.807, 2.05) is 30.1 Å². The molecule has 0 radical (unpaired) electrons. The summed E-state index contributed by atoms with van der Waals surface area (Å²) in [7, 11) is 1.88. The average Bonchev–Trinajstić information content (AvgIpc) is 3.11. The maximum absolute atomic E-state index is 12.6. The maximum atomic E-state index is 12.6. The monoisotopic (exact) mass is 330 g/mol. The third kappa shape index (κ3) is 2.67. The van der Waals surface area contributed by atoms with Crippen LogP contribution >= 0.6 is 11.3 Å². The van der Waals surface area contributed by atoms with Crippen LogP contribution in [0.2, 0.25) is 0 Å². The molecule has 1 fully saturated rings. The molecule has 0 spiro atoms. The van der Waals surface area contributed by atoms with Gasteiger partial charge in [-0.25, -0.2) is 4.98 Å². The minimum Gasteiger partial charge on any atom is -0.454 e. The first kappa shape index (κ1) is 14.5. The number of amides is 1. The molecule has 23 heavy (non-hydrogen) atoms. The molecule has 2 aliphatic rings. The third-order valence-electron chi connectivity index (χ3n) is 4.57. The lowest BCUT2D eigenvalue weighted by atomic mass is 10.2. The number of carbonyl (C=O) groups excluding carboxylic acids is 1. The molecule has 0 unspecified atom stereocenters. The van der Waals surface area contributed by atoms with Crippen molar-refractivity contribution in [3.63, 3.8) is 0 Å². The Morgan fingerprint density at radius 1 is 1.35 bits per heavy atom. The second kappa shape index (κ2) is 5.53. The largest absolute Gasteiger partial charge is 0.454 e. The smallest absolute Gasteiger partial charge is 0.265 e. The van der Waals surface area contributed by atoms with Gasteiger partial charge < -0.3 is 14.4 Å². The van der Waals surface area contributed by atoms with E-state index in [0.29, 0.717) is 16.8 Å². The molecule has 2 aromatic rings. The predicted molar refractivity (Wildman–Crippen MR) is 88.0 cm³/mol. The highest BCUT2D eigenvalue weighted by molar-refractivity contribution is 7.16. The van der Waals surface area contributed by atoms with Gasteiger partial charge >= 0.3 is 0 Å². The molecule has 1 aliphatic heterocycles. The molecule has 0 bridgehead atoms. The van der Waals surface area contributed by atoms with Crippen molar-refractivity contribution in [2.45, 2.75) is 25.8 Å². The molecular formula is C17H18N2O3S. The summed E-state index contributed by atoms with van der Waals surface area (Å²) in [6.07, 6.45) is 4.12. The first-order chi connectivity index (χ1) is 11.1. The van der Waals surface area contributed by atoms with Crippen LogP contribution in [0.3, 0.4) is 0 Å². The Morgan fingerprint density at radius 3 is 2.91 bits per heavy atom. The lowest BCUT2D eigenvalue weighted by Gasteiger charge is -2.24. The van der Waals surface area contributed by atoms with Crippen LogP contribution in [-0.2, 0) is 0 Å². The highest BCUT2D eigenvalue weighted by Crippen LogP contribution is 2.38. The summed E-state index contributed by atoms with van der Waals surface area (Å²) in [6.45, 7) is 2.37. The van der Waals surface area contributed by atoms with Crippen LogP contribution in [0.15, 0.2) is 24.4 Å². The molecule has 120 valence electrons. The van der Waals surface area contributed by atoms with E-state index in [0.717, 1.165) is 22.1 Å². The fourth-order valence-electron chi connectivity index (χ4n) is 2.79. The van der Waals surface area contributed by atoms with E-state index >= 15 is 0 Å². The van der Waals surface area contributed by atoms with Gasteiger partial charge in [-0.1, -0.05) is 0 Å². The molecule has 0 N–H and O–H groups in total. The molecule has 0 saturated heterocycles. The van der Waals surface area contributed by atoms with Crippen molar-refractivity contribution < 1.29 is 14.3 Å². The summed E-state index contributed by atoms with van der Waals surface area (Å²) in [5.41, 5.74) is 0.941. The first-order valence-electron chi connectivity index (χ1n) is 7.76. The van der Waals surface area contributed by atoms with Crippen LogP contribution in [0.4, 0.5) is 0 Å². The Balaban J connectivity index is 1.55. The van der Waals surface area contributed by atoms with Gasteiger partial charge in [-0.05, 0) is 43.9 Å². The van der Waals surface area contributed by atoms with Gasteiger partial charge in [0.2, 0.25) is 6.79 Å². The van der Waals surface area contributed by atoms with Gasteiger partial charge in [-0.3, -0.25) is 4.79 Å². The maximum Gasteiger partial charge on any atom is 0.265 e. The zero-order chi connectivity index (χ0) is 16.0. The molecular weight excluding hydrogens is 312 g/mol. The van der Waals surface area contributed by atoms with Crippen molar-refractivity contribution in [3.05, 3.63) is 29.3 Å². The Morgan fingerprint density at radius 2 is 2.13 bits per heavy atom. The van der Waals surface area contributed by atoms with Crippen LogP contribution in [0.25, 0.3) is 10.6 Å². The van der Waals surface area contributed by atoms with E-state index in [1.54, 1.807) is 6.20 Å². The van der Waals surface area contributed by atoms with Crippen LogP contribution in [-0.4, -0.2) is 35.7 Å². The Bertz CT molecular complexity index is 754. The second-order valence-corrected chi connectivity index (χ2v) is 7.12. The average molecular weight is 330 g/mol. The minimum atomic E-state index is 0.0499. The van der Waals surface area contributed by atoms with Gasteiger partial charge in [0, 0.05) is 18.7 Å². The molecule has 1 saturated carbocycles. The summed E-state index contributed by atoms with van der Waals surface area (Å²) in [5.74, 6) is 2.18. The van der Waals surface area contributed by atoms with Crippen LogP contribution in [0.5, 0.6) is 11.5 Å². The zero-order valence-corrected chi connectivity index (χ0v) is 13.9. The van der Waals surface area contributed by atoms with Crippen LogP contribution in [0, 0.1) is 5.92 Å². The number of carbonyl (C=O) groups is 1. The number of ether oxygens (including phenoxy) is 2. The van der Waals surface area contributed by atoms with Gasteiger partial charge in [-0.2, -0.15) is 0 Å². The predicted octanol–water partition coefficient (Wildman–Crippen LogP) is 3.41. The van der Waals surface area contributed by atoms with Gasteiger partial charge in [0.05, 0.1) is 6.20 Å². The topological polar surface area (TPSA) is 51.7 Å². The fraction of sp³-hybridized carbons (Fsp3) is 0.412. The Kier molecular flexibility index (Phi) is 3.49. The number of fused-ring (bicyclic) bond motifs is 1. The molecule has 5 nitrogen and oxygen atoms in total. The Hall–Kier alpha value is -2.08. The first-order valence-corrected chi connectivity index (χ1v) is 8.58. The molecule has 1 aliphatic carbocycles. The number of rotatable bonds is 4. The van der Waals surface area contributed by atoms with Crippen molar-refractivity contribution in [1.29, 1.82) is 0 Å². The minimum absolute atomic E-state index is 0.0499. The Labute approximate surface area is 138 Å². The van der Waals surface area contributed by atoms with E-state index in [4.69, 9.17) is 9.47 Å². The SMILES string of the molecule is C[C@H](C1CC1)N(C)C(=O)c1cnc(-c2ccc3c(c2)OCO3)s1. The number of thiazole rings is 1. The zero-order valence-electron chi connectivity index (χ0n) is 13.1. The standard InChI is InChI=1S/C17H18N2O3S/c1-10(11-3-4-11)19(2)17(20)15-8-18-16(23-15)12-5-6-13-14(7-12)22-9-21-13/h5-8,10-11H,3-4,9H2,1-2H3/t10-/m1/s1. The summed E-state index contributed by atoms with van der Waals surface area (Å²) in [4.78, 5) is 19.5. The number of nitrogens with zero attached hydrogens (tertiary/aromatic N) is 2. The summed E-state index contributed by atoms with van der Waals surface area (Å²) in [5, 5.41) is 0.819. The van der Waals surface area contributed by atoms with E-state index < -0.39 is 0 Å². The van der Waals surface area contributed by atoms with E-state index in [2.05, 4.69) is 11.9 Å². The fourth-order valence-corrected chi connectivity index (χ4v) is 3.68. The summed E-state index contributed by atoms with van der Waals surface area (Å²) in [6, 6.07) is 6.02. The number of benzene rings is 1. The normalized spacial score (nSPS) is 17.1. The number of hydrogen-bond acceptors (Lipinski definition) is 5. The molecule has 6 heteroatoms. The van der Waals surface area contributed by atoms with Crippen molar-refractivity contribution in [2.24, 2.45) is 5.92 Å². The van der Waals surface area contributed by atoms with Gasteiger partial charge in [-0.15, -0.1) is 11.3 Å². The van der Waals surface area contributed by atoms with E-state index in [9.17, 15) is 4.79 Å². The highest BCUT2D eigenvalue weighted by atomic mass is 32.1. The van der Waals surface area contributed by atoms with Crippen molar-refractivity contribution >= 4 is 17.2 Å². The highest BCUT2D eigenvalue weighted by Gasteiger charge is 2.33. The second-order valence-electron chi connectivity index (χ2n) is 6.09.